The monoisotopic (exact) mass is 305 g/mol. The van der Waals surface area contributed by atoms with Gasteiger partial charge in [0.15, 0.2) is 0 Å². The van der Waals surface area contributed by atoms with Gasteiger partial charge in [0.1, 0.15) is 5.75 Å². The number of benzene rings is 2. The molecule has 0 unspecified atom stereocenters. The third kappa shape index (κ3) is 4.29. The van der Waals surface area contributed by atoms with Crippen molar-refractivity contribution in [1.82, 2.24) is 5.32 Å². The summed E-state index contributed by atoms with van der Waals surface area (Å²) >= 11 is 5.85. The van der Waals surface area contributed by atoms with Gasteiger partial charge >= 0.3 is 6.03 Å². The zero-order valence-electron chi connectivity index (χ0n) is 11.5. The Morgan fingerprint density at radius 2 is 1.81 bits per heavy atom. The summed E-state index contributed by atoms with van der Waals surface area (Å²) in [5, 5.41) is 18.1. The molecule has 4 N–H and O–H groups in total. The number of aromatic hydroxyl groups is 1. The lowest BCUT2D eigenvalue weighted by Gasteiger charge is -2.09. The summed E-state index contributed by atoms with van der Waals surface area (Å²) in [6.07, 6.45) is 0. The molecule has 6 heteroatoms. The second kappa shape index (κ2) is 6.85. The highest BCUT2D eigenvalue weighted by Gasteiger charge is 2.01. The number of hydrogen-bond acceptors (Lipinski definition) is 3. The molecule has 0 spiro atoms. The summed E-state index contributed by atoms with van der Waals surface area (Å²) < 4.78 is 0. The van der Waals surface area contributed by atoms with Gasteiger partial charge in [-0.2, -0.15) is 0 Å². The summed E-state index contributed by atoms with van der Waals surface area (Å²) in [6.45, 7) is 0.586. The average Bonchev–Trinajstić information content (AvgIpc) is 2.50. The van der Waals surface area contributed by atoms with E-state index in [4.69, 9.17) is 11.6 Å². The van der Waals surface area contributed by atoms with Crippen LogP contribution in [0, 0.1) is 0 Å². The van der Waals surface area contributed by atoms with E-state index in [0.717, 1.165) is 11.3 Å². The van der Waals surface area contributed by atoms with E-state index in [1.54, 1.807) is 37.4 Å². The SMILES string of the molecule is CNC(=O)Nc1ccc(NCc2ccc(O)c(Cl)c2)cc1. The number of urea groups is 1. The molecule has 0 atom stereocenters. The number of halogens is 1. The molecule has 0 heterocycles. The maximum atomic E-state index is 11.2. The summed E-state index contributed by atoms with van der Waals surface area (Å²) in [6, 6.07) is 12.2. The Hall–Kier alpha value is -2.40. The predicted octanol–water partition coefficient (Wildman–Crippen LogP) is 3.41. The van der Waals surface area contributed by atoms with Gasteiger partial charge in [0.2, 0.25) is 0 Å². The Morgan fingerprint density at radius 1 is 1.14 bits per heavy atom. The Morgan fingerprint density at radius 3 is 2.43 bits per heavy atom. The van der Waals surface area contributed by atoms with E-state index in [-0.39, 0.29) is 11.8 Å². The van der Waals surface area contributed by atoms with E-state index in [1.165, 1.54) is 0 Å². The standard InChI is InChI=1S/C15H16ClN3O2/c1-17-15(21)19-12-5-3-11(4-6-12)18-9-10-2-7-14(20)13(16)8-10/h2-8,18,20H,9H2,1H3,(H2,17,19,21). The molecule has 110 valence electrons. The smallest absolute Gasteiger partial charge is 0.318 e. The van der Waals surface area contributed by atoms with Crippen LogP contribution in [0.25, 0.3) is 0 Å². The molecule has 2 amide bonds. The highest BCUT2D eigenvalue weighted by Crippen LogP contribution is 2.24. The van der Waals surface area contributed by atoms with Crippen molar-refractivity contribution in [2.24, 2.45) is 0 Å². The minimum atomic E-state index is -0.255. The first-order valence-electron chi connectivity index (χ1n) is 6.38. The summed E-state index contributed by atoms with van der Waals surface area (Å²) in [5.74, 6) is 0.0741. The van der Waals surface area contributed by atoms with Crippen molar-refractivity contribution in [1.29, 1.82) is 0 Å². The number of anilines is 2. The van der Waals surface area contributed by atoms with Gasteiger partial charge in [0, 0.05) is 25.0 Å². The van der Waals surface area contributed by atoms with Crippen LogP contribution >= 0.6 is 11.6 Å². The number of carbonyl (C=O) groups is 1. The number of rotatable bonds is 4. The number of carbonyl (C=O) groups excluding carboxylic acids is 1. The molecule has 0 aromatic heterocycles. The summed E-state index contributed by atoms with van der Waals surface area (Å²) in [7, 11) is 1.56. The second-order valence-corrected chi connectivity index (χ2v) is 4.83. The minimum Gasteiger partial charge on any atom is -0.506 e. The van der Waals surface area contributed by atoms with Gasteiger partial charge < -0.3 is 21.1 Å². The molecular weight excluding hydrogens is 290 g/mol. The van der Waals surface area contributed by atoms with Crippen LogP contribution in [-0.2, 0) is 6.54 Å². The maximum Gasteiger partial charge on any atom is 0.318 e. The Labute approximate surface area is 127 Å². The largest absolute Gasteiger partial charge is 0.506 e. The molecule has 0 aliphatic carbocycles. The van der Waals surface area contributed by atoms with Gasteiger partial charge in [0.05, 0.1) is 5.02 Å². The van der Waals surface area contributed by atoms with Crippen LogP contribution in [0.4, 0.5) is 16.2 Å². The van der Waals surface area contributed by atoms with Gasteiger partial charge in [-0.05, 0) is 42.0 Å². The van der Waals surface area contributed by atoms with Crippen LogP contribution in [0.3, 0.4) is 0 Å². The highest BCUT2D eigenvalue weighted by atomic mass is 35.5. The molecule has 2 rings (SSSR count). The molecule has 5 nitrogen and oxygen atoms in total. The lowest BCUT2D eigenvalue weighted by molar-refractivity contribution is 0.254. The van der Waals surface area contributed by atoms with Crippen LogP contribution in [-0.4, -0.2) is 18.2 Å². The number of hydrogen-bond donors (Lipinski definition) is 4. The van der Waals surface area contributed by atoms with Gasteiger partial charge in [-0.1, -0.05) is 17.7 Å². The predicted molar refractivity (Wildman–Crippen MR) is 85.0 cm³/mol. The lowest BCUT2D eigenvalue weighted by Crippen LogP contribution is -2.24. The fraction of sp³-hybridized carbons (Fsp3) is 0.133. The van der Waals surface area contributed by atoms with E-state index in [1.807, 2.05) is 12.1 Å². The van der Waals surface area contributed by atoms with Crippen molar-refractivity contribution >= 4 is 29.0 Å². The third-order valence-corrected chi connectivity index (χ3v) is 3.18. The van der Waals surface area contributed by atoms with Crippen molar-refractivity contribution in [3.05, 3.63) is 53.1 Å². The molecule has 2 aromatic rings. The highest BCUT2D eigenvalue weighted by molar-refractivity contribution is 6.32. The van der Waals surface area contributed by atoms with Crippen LogP contribution in [0.5, 0.6) is 5.75 Å². The number of nitrogens with one attached hydrogen (secondary N) is 3. The van der Waals surface area contributed by atoms with Crippen molar-refractivity contribution in [3.8, 4) is 5.75 Å². The van der Waals surface area contributed by atoms with Crippen LogP contribution in [0.1, 0.15) is 5.56 Å². The molecule has 0 aliphatic rings. The van der Waals surface area contributed by atoms with Gasteiger partial charge in [-0.3, -0.25) is 0 Å². The molecule has 2 aromatic carbocycles. The maximum absolute atomic E-state index is 11.2. The molecule has 0 radical (unpaired) electrons. The quantitative estimate of drug-likeness (QED) is 0.699. The van der Waals surface area contributed by atoms with E-state index < -0.39 is 0 Å². The topological polar surface area (TPSA) is 73.4 Å². The van der Waals surface area contributed by atoms with Crippen LogP contribution in [0.15, 0.2) is 42.5 Å². The van der Waals surface area contributed by atoms with E-state index in [2.05, 4.69) is 16.0 Å². The number of amides is 2. The summed E-state index contributed by atoms with van der Waals surface area (Å²) in [5.41, 5.74) is 2.60. The fourth-order valence-electron chi connectivity index (χ4n) is 1.73. The summed E-state index contributed by atoms with van der Waals surface area (Å²) in [4.78, 5) is 11.2. The van der Waals surface area contributed by atoms with Crippen LogP contribution < -0.4 is 16.0 Å². The normalized spacial score (nSPS) is 10.0. The fourth-order valence-corrected chi connectivity index (χ4v) is 1.93. The number of phenols is 1. The minimum absolute atomic E-state index is 0.0741. The van der Waals surface area contributed by atoms with Gasteiger partial charge in [0.25, 0.3) is 0 Å². The first-order chi connectivity index (χ1) is 10.1. The van der Waals surface area contributed by atoms with Crippen molar-refractivity contribution < 1.29 is 9.90 Å². The van der Waals surface area contributed by atoms with Crippen molar-refractivity contribution in [2.45, 2.75) is 6.54 Å². The molecule has 0 bridgehead atoms. The first-order valence-corrected chi connectivity index (χ1v) is 6.76. The van der Waals surface area contributed by atoms with Crippen LogP contribution in [0.2, 0.25) is 5.02 Å². The van der Waals surface area contributed by atoms with Crippen molar-refractivity contribution in [3.63, 3.8) is 0 Å². The molecule has 0 aliphatic heterocycles. The van der Waals surface area contributed by atoms with E-state index in [0.29, 0.717) is 17.3 Å². The average molecular weight is 306 g/mol. The molecular formula is C15H16ClN3O2. The molecule has 0 fully saturated rings. The zero-order chi connectivity index (χ0) is 15.2. The first kappa shape index (κ1) is 15.0. The van der Waals surface area contributed by atoms with Gasteiger partial charge in [-0.15, -0.1) is 0 Å². The Kier molecular flexibility index (Phi) is 4.90. The molecule has 21 heavy (non-hydrogen) atoms. The Bertz CT molecular complexity index is 629. The van der Waals surface area contributed by atoms with Crippen molar-refractivity contribution in [2.75, 3.05) is 17.7 Å². The van der Waals surface area contributed by atoms with Gasteiger partial charge in [-0.25, -0.2) is 4.79 Å². The lowest BCUT2D eigenvalue weighted by atomic mass is 10.2. The number of phenolic OH excluding ortho intramolecular Hbond substituents is 1. The zero-order valence-corrected chi connectivity index (χ0v) is 12.2. The Balaban J connectivity index is 1.94. The third-order valence-electron chi connectivity index (χ3n) is 2.88. The molecule has 0 saturated heterocycles. The molecule has 0 saturated carbocycles. The second-order valence-electron chi connectivity index (χ2n) is 4.42. The van der Waals surface area contributed by atoms with E-state index in [9.17, 15) is 9.90 Å². The van der Waals surface area contributed by atoms with E-state index >= 15 is 0 Å².